The van der Waals surface area contributed by atoms with E-state index in [1.54, 1.807) is 13.2 Å². The predicted molar refractivity (Wildman–Crippen MR) is 81.0 cm³/mol. The van der Waals surface area contributed by atoms with Crippen molar-refractivity contribution in [2.75, 3.05) is 7.11 Å². The molecule has 2 rings (SSSR count). The molecule has 0 bridgehead atoms. The molecule has 0 saturated carbocycles. The number of carbonyl (C=O) groups excluding carboxylic acids is 1. The van der Waals surface area contributed by atoms with Crippen LogP contribution in [-0.4, -0.2) is 13.0 Å². The summed E-state index contributed by atoms with van der Waals surface area (Å²) in [5.41, 5.74) is 2.90. The number of rotatable bonds is 5. The number of carbonyl (C=O) groups is 1. The second kappa shape index (κ2) is 6.74. The minimum Gasteiger partial charge on any atom is -0.493 e. The smallest absolute Gasteiger partial charge is 0.275 e. The van der Waals surface area contributed by atoms with Gasteiger partial charge in [0.2, 0.25) is 0 Å². The van der Waals surface area contributed by atoms with Gasteiger partial charge in [-0.25, -0.2) is 5.84 Å². The molecule has 1 aromatic carbocycles. The summed E-state index contributed by atoms with van der Waals surface area (Å²) in [7, 11) is 1.58. The van der Waals surface area contributed by atoms with E-state index in [0.29, 0.717) is 16.4 Å². The van der Waals surface area contributed by atoms with Gasteiger partial charge < -0.3 is 9.47 Å². The van der Waals surface area contributed by atoms with Crippen LogP contribution in [0.25, 0.3) is 0 Å². The summed E-state index contributed by atoms with van der Waals surface area (Å²) in [5.74, 6) is 6.05. The third-order valence-electron chi connectivity index (χ3n) is 2.61. The molecule has 0 aliphatic carbocycles. The number of thiophene rings is 1. The number of ether oxygens (including phenoxy) is 2. The van der Waals surface area contributed by atoms with Crippen LogP contribution in [0.3, 0.4) is 0 Å². The molecule has 106 valence electrons. The van der Waals surface area contributed by atoms with Crippen LogP contribution in [0.2, 0.25) is 0 Å². The lowest BCUT2D eigenvalue weighted by molar-refractivity contribution is 0.0955. The molecule has 1 aromatic heterocycles. The molecular weight excluding hydrogens is 344 g/mol. The first-order chi connectivity index (χ1) is 9.67. The molecule has 1 amide bonds. The third-order valence-corrected chi connectivity index (χ3v) is 4.19. The van der Waals surface area contributed by atoms with E-state index in [2.05, 4.69) is 21.4 Å². The van der Waals surface area contributed by atoms with Gasteiger partial charge in [-0.1, -0.05) is 6.07 Å². The lowest BCUT2D eigenvalue weighted by atomic mass is 10.2. The second-order valence-electron chi connectivity index (χ2n) is 3.81. The zero-order valence-electron chi connectivity index (χ0n) is 10.7. The number of methoxy groups -OCH3 is 1. The van der Waals surface area contributed by atoms with Crippen LogP contribution in [0.1, 0.15) is 15.2 Å². The number of hydrogen-bond donors (Lipinski definition) is 2. The van der Waals surface area contributed by atoms with Gasteiger partial charge in [0.05, 0.1) is 16.5 Å². The highest BCUT2D eigenvalue weighted by Crippen LogP contribution is 2.35. The number of nitrogens with one attached hydrogen (secondary N) is 1. The number of amides is 1. The van der Waals surface area contributed by atoms with Crippen molar-refractivity contribution < 1.29 is 14.3 Å². The number of nitrogens with two attached hydrogens (primary N) is 1. The van der Waals surface area contributed by atoms with Gasteiger partial charge in [-0.05, 0) is 39.5 Å². The van der Waals surface area contributed by atoms with E-state index in [4.69, 9.17) is 15.3 Å². The summed E-state index contributed by atoms with van der Waals surface area (Å²) in [4.78, 5) is 12.1. The summed E-state index contributed by atoms with van der Waals surface area (Å²) in [6, 6.07) is 7.35. The maximum atomic E-state index is 11.6. The van der Waals surface area contributed by atoms with Crippen LogP contribution in [-0.2, 0) is 6.61 Å². The minimum atomic E-state index is -0.322. The van der Waals surface area contributed by atoms with Crippen molar-refractivity contribution in [2.24, 2.45) is 5.84 Å². The maximum Gasteiger partial charge on any atom is 0.275 e. The molecule has 5 nitrogen and oxygen atoms in total. The van der Waals surface area contributed by atoms with Gasteiger partial charge in [-0.3, -0.25) is 10.2 Å². The molecular formula is C13H13BrN2O3S. The number of hydrogen-bond acceptors (Lipinski definition) is 5. The number of nitrogen functional groups attached to an aromatic ring is 1. The number of halogens is 1. The van der Waals surface area contributed by atoms with Crippen molar-refractivity contribution in [2.45, 2.75) is 6.61 Å². The quantitative estimate of drug-likeness (QED) is 0.490. The van der Waals surface area contributed by atoms with E-state index >= 15 is 0 Å². The summed E-state index contributed by atoms with van der Waals surface area (Å²) < 4.78 is 11.8. The second-order valence-corrected chi connectivity index (χ2v) is 5.58. The normalized spacial score (nSPS) is 10.2. The summed E-state index contributed by atoms with van der Waals surface area (Å²) >= 11 is 4.73. The Morgan fingerprint density at radius 2 is 2.25 bits per heavy atom. The van der Waals surface area contributed by atoms with E-state index in [0.717, 1.165) is 10.0 Å². The van der Waals surface area contributed by atoms with Gasteiger partial charge in [0.15, 0.2) is 11.5 Å². The fraction of sp³-hybridized carbons (Fsp3) is 0.154. The first kappa shape index (κ1) is 14.8. The van der Waals surface area contributed by atoms with Crippen LogP contribution in [0, 0.1) is 0 Å². The summed E-state index contributed by atoms with van der Waals surface area (Å²) in [5, 5.41) is 1.82. The molecule has 20 heavy (non-hydrogen) atoms. The van der Waals surface area contributed by atoms with Crippen molar-refractivity contribution in [3.8, 4) is 11.5 Å². The van der Waals surface area contributed by atoms with Crippen LogP contribution in [0.15, 0.2) is 34.1 Å². The first-order valence-electron chi connectivity index (χ1n) is 5.70. The molecule has 0 spiro atoms. The minimum absolute atomic E-state index is 0.255. The van der Waals surface area contributed by atoms with E-state index in [1.165, 1.54) is 11.3 Å². The highest BCUT2D eigenvalue weighted by molar-refractivity contribution is 9.10. The van der Waals surface area contributed by atoms with Crippen molar-refractivity contribution in [1.29, 1.82) is 0 Å². The molecule has 2 aromatic rings. The van der Waals surface area contributed by atoms with E-state index in [9.17, 15) is 4.79 Å². The van der Waals surface area contributed by atoms with Gasteiger partial charge in [0.1, 0.15) is 6.61 Å². The molecule has 0 unspecified atom stereocenters. The Morgan fingerprint density at radius 1 is 1.45 bits per heavy atom. The maximum absolute atomic E-state index is 11.6. The molecule has 0 fully saturated rings. The van der Waals surface area contributed by atoms with Gasteiger partial charge in [-0.2, -0.15) is 0 Å². The van der Waals surface area contributed by atoms with E-state index in [-0.39, 0.29) is 12.5 Å². The number of para-hydroxylation sites is 1. The van der Waals surface area contributed by atoms with Gasteiger partial charge >= 0.3 is 0 Å². The molecule has 7 heteroatoms. The third kappa shape index (κ3) is 3.12. The Labute approximate surface area is 128 Å². The van der Waals surface area contributed by atoms with Crippen molar-refractivity contribution in [3.63, 3.8) is 0 Å². The van der Waals surface area contributed by atoms with Crippen LogP contribution < -0.4 is 20.7 Å². The molecule has 3 N–H and O–H groups in total. The van der Waals surface area contributed by atoms with E-state index < -0.39 is 0 Å². The van der Waals surface area contributed by atoms with Gasteiger partial charge in [0, 0.05) is 5.56 Å². The Hall–Kier alpha value is -1.57. The van der Waals surface area contributed by atoms with Crippen molar-refractivity contribution in [3.05, 3.63) is 44.6 Å². The Bertz CT molecular complexity index is 615. The lowest BCUT2D eigenvalue weighted by Crippen LogP contribution is -2.30. The topological polar surface area (TPSA) is 73.6 Å². The zero-order chi connectivity index (χ0) is 14.5. The standard InChI is InChI=1S/C13H13BrN2O3S/c1-18-10-4-2-3-9(14)11(10)19-7-8-5-6-20-12(8)13(17)16-15/h2-6H,7,15H2,1H3,(H,16,17). The Morgan fingerprint density at radius 3 is 2.95 bits per heavy atom. The molecule has 0 saturated heterocycles. The summed E-state index contributed by atoms with van der Waals surface area (Å²) in [6.07, 6.45) is 0. The van der Waals surface area contributed by atoms with Crippen molar-refractivity contribution >= 4 is 33.2 Å². The number of benzene rings is 1. The largest absolute Gasteiger partial charge is 0.493 e. The SMILES string of the molecule is COc1cccc(Br)c1OCc1ccsc1C(=O)NN. The fourth-order valence-electron chi connectivity index (χ4n) is 1.65. The molecule has 1 heterocycles. The lowest BCUT2D eigenvalue weighted by Gasteiger charge is -2.12. The molecule has 0 aliphatic heterocycles. The van der Waals surface area contributed by atoms with Gasteiger partial charge in [-0.15, -0.1) is 11.3 Å². The summed E-state index contributed by atoms with van der Waals surface area (Å²) in [6.45, 7) is 0.255. The number of hydrazine groups is 1. The van der Waals surface area contributed by atoms with Crippen LogP contribution in [0.5, 0.6) is 11.5 Å². The highest BCUT2D eigenvalue weighted by Gasteiger charge is 2.14. The van der Waals surface area contributed by atoms with Crippen LogP contribution in [0.4, 0.5) is 0 Å². The predicted octanol–water partition coefficient (Wildman–Crippen LogP) is 2.70. The molecule has 0 atom stereocenters. The molecule has 0 aliphatic rings. The molecule has 0 radical (unpaired) electrons. The zero-order valence-corrected chi connectivity index (χ0v) is 13.1. The Kier molecular flexibility index (Phi) is 4.99. The Balaban J connectivity index is 2.18. The van der Waals surface area contributed by atoms with E-state index in [1.807, 2.05) is 23.6 Å². The first-order valence-corrected chi connectivity index (χ1v) is 7.37. The van der Waals surface area contributed by atoms with Crippen LogP contribution >= 0.6 is 27.3 Å². The fourth-order valence-corrected chi connectivity index (χ4v) is 2.93. The van der Waals surface area contributed by atoms with Gasteiger partial charge in [0.25, 0.3) is 5.91 Å². The average molecular weight is 357 g/mol. The van der Waals surface area contributed by atoms with Crippen molar-refractivity contribution in [1.82, 2.24) is 5.43 Å². The monoisotopic (exact) mass is 356 g/mol. The highest BCUT2D eigenvalue weighted by atomic mass is 79.9. The average Bonchev–Trinajstić information content (AvgIpc) is 2.93.